The summed E-state index contributed by atoms with van der Waals surface area (Å²) < 4.78 is 8.96. The molecule has 0 aliphatic rings. The highest BCUT2D eigenvalue weighted by Gasteiger charge is 2.12. The minimum Gasteiger partial charge on any atom is -0.451 e. The average Bonchev–Trinajstić information content (AvgIpc) is 3.17. The predicted molar refractivity (Wildman–Crippen MR) is 115 cm³/mol. The molecule has 140 valence electrons. The number of nitrogens with one attached hydrogen (secondary N) is 3. The largest absolute Gasteiger partial charge is 0.451 e. The second kappa shape index (κ2) is 8.88. The second-order valence-corrected chi connectivity index (χ2v) is 7.61. The summed E-state index contributed by atoms with van der Waals surface area (Å²) in [4.78, 5) is 17.3. The van der Waals surface area contributed by atoms with E-state index in [0.29, 0.717) is 5.58 Å². The molecule has 7 heteroatoms. The number of rotatable bonds is 7. The standard InChI is InChI=1S/C21H17N3O2S2/c25-21(22-24-28-18-9-5-2-6-10-18)20-14-15-13-16(11-12-19(15)26-20)23-27-17-7-3-1-4-8-17/h1-14,23-24H,(H,22,25). The Morgan fingerprint density at radius 2 is 1.46 bits per heavy atom. The highest BCUT2D eigenvalue weighted by molar-refractivity contribution is 8.00. The summed E-state index contributed by atoms with van der Waals surface area (Å²) in [6, 6.07) is 27.2. The minimum absolute atomic E-state index is 0.254. The number of fused-ring (bicyclic) bond motifs is 1. The normalized spacial score (nSPS) is 10.7. The highest BCUT2D eigenvalue weighted by Crippen LogP contribution is 2.26. The van der Waals surface area contributed by atoms with Crippen molar-refractivity contribution in [3.05, 3.63) is 90.7 Å². The third-order valence-corrected chi connectivity index (χ3v) is 5.40. The molecule has 28 heavy (non-hydrogen) atoms. The van der Waals surface area contributed by atoms with Crippen molar-refractivity contribution in [3.63, 3.8) is 0 Å². The van der Waals surface area contributed by atoms with Crippen LogP contribution in [0.5, 0.6) is 0 Å². The van der Waals surface area contributed by atoms with Gasteiger partial charge in [0.1, 0.15) is 5.58 Å². The van der Waals surface area contributed by atoms with Crippen molar-refractivity contribution in [2.24, 2.45) is 0 Å². The summed E-state index contributed by atoms with van der Waals surface area (Å²) in [5, 5.41) is 0.861. The molecule has 0 radical (unpaired) electrons. The van der Waals surface area contributed by atoms with Gasteiger partial charge in [0.25, 0.3) is 0 Å². The van der Waals surface area contributed by atoms with E-state index < -0.39 is 0 Å². The van der Waals surface area contributed by atoms with E-state index in [1.807, 2.05) is 78.9 Å². The van der Waals surface area contributed by atoms with Gasteiger partial charge in [-0.25, -0.2) is 0 Å². The van der Waals surface area contributed by atoms with E-state index in [2.05, 4.69) is 15.0 Å². The maximum Gasteiger partial charge on any atom is 0.301 e. The lowest BCUT2D eigenvalue weighted by molar-refractivity contribution is 0.0921. The molecule has 5 nitrogen and oxygen atoms in total. The molecule has 3 aromatic carbocycles. The zero-order chi connectivity index (χ0) is 19.2. The smallest absolute Gasteiger partial charge is 0.301 e. The summed E-state index contributed by atoms with van der Waals surface area (Å²) in [6.45, 7) is 0. The monoisotopic (exact) mass is 407 g/mol. The molecular formula is C21H17N3O2S2. The fraction of sp³-hybridized carbons (Fsp3) is 0. The Morgan fingerprint density at radius 1 is 0.786 bits per heavy atom. The van der Waals surface area contributed by atoms with Gasteiger partial charge in [-0.15, -0.1) is 0 Å². The summed E-state index contributed by atoms with van der Waals surface area (Å²) in [5.74, 6) is -0.0724. The highest BCUT2D eigenvalue weighted by atomic mass is 32.2. The molecule has 0 unspecified atom stereocenters. The Bertz CT molecular complexity index is 1070. The number of furan rings is 1. The molecule has 0 spiro atoms. The quantitative estimate of drug-likeness (QED) is 0.278. The molecule has 4 aromatic rings. The third kappa shape index (κ3) is 4.69. The SMILES string of the molecule is O=C(NNSc1ccccc1)c1cc2cc(NSc3ccccc3)ccc2o1. The van der Waals surface area contributed by atoms with E-state index in [1.54, 1.807) is 6.07 Å². The first-order valence-electron chi connectivity index (χ1n) is 8.57. The van der Waals surface area contributed by atoms with Crippen LogP contribution < -0.4 is 15.0 Å². The van der Waals surface area contributed by atoms with Gasteiger partial charge in [0, 0.05) is 20.9 Å². The molecule has 0 aliphatic carbocycles. The molecule has 0 saturated heterocycles. The van der Waals surface area contributed by atoms with Crippen molar-refractivity contribution in [2.75, 3.05) is 4.72 Å². The first-order valence-corrected chi connectivity index (χ1v) is 10.2. The number of amides is 1. The van der Waals surface area contributed by atoms with Crippen molar-refractivity contribution < 1.29 is 9.21 Å². The molecule has 0 bridgehead atoms. The van der Waals surface area contributed by atoms with Crippen LogP contribution in [0.25, 0.3) is 11.0 Å². The van der Waals surface area contributed by atoms with Crippen LogP contribution in [-0.4, -0.2) is 5.91 Å². The Hall–Kier alpha value is -2.87. The van der Waals surface area contributed by atoms with Gasteiger partial charge in [-0.2, -0.15) is 4.83 Å². The van der Waals surface area contributed by atoms with Crippen molar-refractivity contribution in [2.45, 2.75) is 9.79 Å². The number of carbonyl (C=O) groups is 1. The predicted octanol–water partition coefficient (Wildman–Crippen LogP) is 5.49. The van der Waals surface area contributed by atoms with Crippen LogP contribution in [0.2, 0.25) is 0 Å². The molecule has 3 N–H and O–H groups in total. The Morgan fingerprint density at radius 3 is 2.18 bits per heavy atom. The fourth-order valence-electron chi connectivity index (χ4n) is 2.51. The molecule has 4 rings (SSSR count). The summed E-state index contributed by atoms with van der Waals surface area (Å²) in [5.41, 5.74) is 4.23. The first-order chi connectivity index (χ1) is 13.8. The van der Waals surface area contributed by atoms with Gasteiger partial charge in [0.05, 0.1) is 0 Å². The van der Waals surface area contributed by atoms with Crippen LogP contribution >= 0.6 is 23.9 Å². The number of hydrazine groups is 1. The lowest BCUT2D eigenvalue weighted by Gasteiger charge is -2.04. The van der Waals surface area contributed by atoms with Gasteiger partial charge in [-0.05, 0) is 72.4 Å². The second-order valence-electron chi connectivity index (χ2n) is 5.85. The minimum atomic E-state index is -0.326. The Balaban J connectivity index is 1.37. The van der Waals surface area contributed by atoms with Gasteiger partial charge in [-0.3, -0.25) is 10.2 Å². The maximum atomic E-state index is 12.3. The van der Waals surface area contributed by atoms with Gasteiger partial charge >= 0.3 is 5.91 Å². The van der Waals surface area contributed by atoms with Gasteiger partial charge < -0.3 is 9.14 Å². The number of benzene rings is 3. The lowest BCUT2D eigenvalue weighted by Crippen LogP contribution is -2.32. The molecule has 0 aliphatic heterocycles. The van der Waals surface area contributed by atoms with E-state index in [4.69, 9.17) is 4.42 Å². The lowest BCUT2D eigenvalue weighted by atomic mass is 10.2. The molecule has 0 fully saturated rings. The van der Waals surface area contributed by atoms with Crippen molar-refractivity contribution in [3.8, 4) is 0 Å². The molecular weight excluding hydrogens is 390 g/mol. The van der Waals surface area contributed by atoms with E-state index in [9.17, 15) is 4.79 Å². The molecule has 0 saturated carbocycles. The van der Waals surface area contributed by atoms with Crippen LogP contribution in [0.1, 0.15) is 10.6 Å². The maximum absolute atomic E-state index is 12.3. The van der Waals surface area contributed by atoms with Crippen LogP contribution in [0, 0.1) is 0 Å². The van der Waals surface area contributed by atoms with Crippen LogP contribution in [0.15, 0.2) is 99.1 Å². The van der Waals surface area contributed by atoms with E-state index in [0.717, 1.165) is 20.9 Å². The van der Waals surface area contributed by atoms with Crippen LogP contribution in [0.3, 0.4) is 0 Å². The van der Waals surface area contributed by atoms with Crippen LogP contribution in [0.4, 0.5) is 5.69 Å². The van der Waals surface area contributed by atoms with E-state index in [-0.39, 0.29) is 11.7 Å². The zero-order valence-corrected chi connectivity index (χ0v) is 16.3. The van der Waals surface area contributed by atoms with Crippen molar-refractivity contribution >= 4 is 46.5 Å². The Labute approximate surface area is 171 Å². The number of anilines is 1. The molecule has 1 amide bonds. The molecule has 1 heterocycles. The van der Waals surface area contributed by atoms with Gasteiger partial charge in [-0.1, -0.05) is 36.4 Å². The topological polar surface area (TPSA) is 66.3 Å². The van der Waals surface area contributed by atoms with Crippen LogP contribution in [-0.2, 0) is 0 Å². The number of hydrogen-bond acceptors (Lipinski definition) is 6. The summed E-state index contributed by atoms with van der Waals surface area (Å²) in [7, 11) is 0. The molecule has 0 atom stereocenters. The number of hydrogen-bond donors (Lipinski definition) is 3. The fourth-order valence-corrected chi connectivity index (χ4v) is 3.72. The summed E-state index contributed by atoms with van der Waals surface area (Å²) in [6.07, 6.45) is 0. The first kappa shape index (κ1) is 18.5. The van der Waals surface area contributed by atoms with Gasteiger partial charge in [0.15, 0.2) is 5.76 Å². The van der Waals surface area contributed by atoms with Crippen molar-refractivity contribution in [1.29, 1.82) is 0 Å². The van der Waals surface area contributed by atoms with Gasteiger partial charge in [0.2, 0.25) is 0 Å². The summed E-state index contributed by atoms with van der Waals surface area (Å²) >= 11 is 2.85. The average molecular weight is 408 g/mol. The number of carbonyl (C=O) groups excluding carboxylic acids is 1. The van der Waals surface area contributed by atoms with E-state index in [1.165, 1.54) is 23.9 Å². The Kier molecular flexibility index (Phi) is 5.86. The molecule has 1 aromatic heterocycles. The van der Waals surface area contributed by atoms with E-state index >= 15 is 0 Å². The zero-order valence-electron chi connectivity index (χ0n) is 14.7. The van der Waals surface area contributed by atoms with Crippen molar-refractivity contribution in [1.82, 2.24) is 10.3 Å². The third-order valence-electron chi connectivity index (χ3n) is 3.85.